The third kappa shape index (κ3) is 7.20. The standard InChI is InChI=1S/C68H50N2O/c1-46-18-15-25-52(44-46)69-65-33-14-12-27-59(65)60-29-17-31-62-61-30-16-28-56(66(61)71-67(60)62)49-36-40-54(41-37-49)70(53-38-34-48(35-39-53)47-19-5-2-6-20-47)55-42-43-58-57-26-11-13-32-63(57)68(64(58)45-55,50-21-7-3-8-22-50)51-23-9-4-10-24-51/h2-43,45-46,69H,44H2,1H3. The molecule has 71 heavy (non-hydrogen) atoms. The van der Waals surface area contributed by atoms with E-state index in [0.29, 0.717) is 5.92 Å². The zero-order valence-electron chi connectivity index (χ0n) is 39.5. The fraction of sp³-hybridized carbons (Fsp3) is 0.0588. The topological polar surface area (TPSA) is 28.4 Å². The van der Waals surface area contributed by atoms with Crippen LogP contribution in [0.25, 0.3) is 66.4 Å². The lowest BCUT2D eigenvalue weighted by Gasteiger charge is -2.35. The van der Waals surface area contributed by atoms with Gasteiger partial charge in [-0.05, 0) is 111 Å². The van der Waals surface area contributed by atoms with Crippen molar-refractivity contribution in [1.29, 1.82) is 0 Å². The van der Waals surface area contributed by atoms with E-state index in [1.807, 2.05) is 0 Å². The molecule has 0 spiro atoms. The van der Waals surface area contributed by atoms with Gasteiger partial charge >= 0.3 is 0 Å². The van der Waals surface area contributed by atoms with Crippen molar-refractivity contribution in [2.45, 2.75) is 18.8 Å². The average molecular weight is 911 g/mol. The van der Waals surface area contributed by atoms with Crippen molar-refractivity contribution in [2.24, 2.45) is 5.92 Å². The molecule has 11 aromatic rings. The lowest BCUT2D eigenvalue weighted by Crippen LogP contribution is -2.28. The van der Waals surface area contributed by atoms with E-state index in [0.717, 1.165) is 73.4 Å². The van der Waals surface area contributed by atoms with E-state index in [2.05, 4.69) is 278 Å². The van der Waals surface area contributed by atoms with Crippen LogP contribution in [-0.4, -0.2) is 0 Å². The summed E-state index contributed by atoms with van der Waals surface area (Å²) in [4.78, 5) is 2.41. The molecule has 2 aliphatic rings. The molecule has 3 heteroatoms. The normalized spacial score (nSPS) is 14.5. The van der Waals surface area contributed by atoms with Crippen molar-refractivity contribution in [2.75, 3.05) is 10.2 Å². The largest absolute Gasteiger partial charge is 0.455 e. The lowest BCUT2D eigenvalue weighted by atomic mass is 9.67. The summed E-state index contributed by atoms with van der Waals surface area (Å²) >= 11 is 0. The molecule has 1 aromatic heterocycles. The second kappa shape index (κ2) is 17.6. The first kappa shape index (κ1) is 42.2. The molecule has 0 amide bonds. The van der Waals surface area contributed by atoms with Gasteiger partial charge in [0.1, 0.15) is 11.2 Å². The van der Waals surface area contributed by atoms with Gasteiger partial charge in [-0.3, -0.25) is 0 Å². The molecule has 1 unspecified atom stereocenters. The van der Waals surface area contributed by atoms with E-state index in [1.54, 1.807) is 0 Å². The van der Waals surface area contributed by atoms with Gasteiger partial charge in [0.05, 0.1) is 5.41 Å². The molecule has 0 saturated heterocycles. The Labute approximate surface area is 415 Å². The fourth-order valence-corrected chi connectivity index (χ4v) is 11.4. The van der Waals surface area contributed by atoms with Gasteiger partial charge in [-0.2, -0.15) is 0 Å². The van der Waals surface area contributed by atoms with E-state index >= 15 is 0 Å². The van der Waals surface area contributed by atoms with Crippen molar-refractivity contribution in [3.8, 4) is 44.5 Å². The van der Waals surface area contributed by atoms with Gasteiger partial charge < -0.3 is 14.6 Å². The second-order valence-corrected chi connectivity index (χ2v) is 18.9. The summed E-state index contributed by atoms with van der Waals surface area (Å²) in [5, 5.41) is 5.96. The predicted octanol–water partition coefficient (Wildman–Crippen LogP) is 18.3. The molecular weight excluding hydrogens is 861 g/mol. The summed E-state index contributed by atoms with van der Waals surface area (Å²) < 4.78 is 7.05. The molecule has 13 rings (SSSR count). The minimum absolute atomic E-state index is 0.494. The van der Waals surface area contributed by atoms with Crippen LogP contribution in [0.15, 0.2) is 271 Å². The highest BCUT2D eigenvalue weighted by molar-refractivity contribution is 6.13. The molecular formula is C68H50N2O. The van der Waals surface area contributed by atoms with Gasteiger partial charge in [-0.15, -0.1) is 0 Å². The number of hydrogen-bond donors (Lipinski definition) is 1. The summed E-state index contributed by atoms with van der Waals surface area (Å²) in [5.41, 5.74) is 21.0. The number of fused-ring (bicyclic) bond motifs is 6. The van der Waals surface area contributed by atoms with Crippen LogP contribution in [-0.2, 0) is 5.41 Å². The van der Waals surface area contributed by atoms with E-state index in [1.165, 1.54) is 50.2 Å². The number of anilines is 4. The minimum Gasteiger partial charge on any atom is -0.455 e. The average Bonchev–Trinajstić information content (AvgIpc) is 3.97. The molecule has 338 valence electrons. The van der Waals surface area contributed by atoms with Crippen LogP contribution in [0.4, 0.5) is 22.7 Å². The molecule has 0 radical (unpaired) electrons. The Hall–Kier alpha value is -8.92. The van der Waals surface area contributed by atoms with E-state index < -0.39 is 5.41 Å². The number of para-hydroxylation sites is 3. The van der Waals surface area contributed by atoms with Crippen molar-refractivity contribution >= 4 is 44.7 Å². The molecule has 2 aliphatic carbocycles. The summed E-state index contributed by atoms with van der Waals surface area (Å²) in [6, 6.07) is 88.3. The van der Waals surface area contributed by atoms with Crippen LogP contribution in [0.5, 0.6) is 0 Å². The highest BCUT2D eigenvalue weighted by Gasteiger charge is 2.46. The third-order valence-electron chi connectivity index (χ3n) is 14.7. The molecule has 0 saturated carbocycles. The first-order chi connectivity index (χ1) is 35.1. The SMILES string of the molecule is CC1C=CC=C(Nc2ccccc2-c2cccc3c2oc2c(-c4ccc(N(c5ccc(-c6ccccc6)cc5)c5ccc6c(c5)C(c5ccccc5)(c5ccccc5)c5ccccc5-6)cc4)cccc23)C1. The third-order valence-corrected chi connectivity index (χ3v) is 14.7. The summed E-state index contributed by atoms with van der Waals surface area (Å²) in [6.45, 7) is 2.26. The van der Waals surface area contributed by atoms with Crippen molar-refractivity contribution in [3.05, 3.63) is 289 Å². The van der Waals surface area contributed by atoms with E-state index in [4.69, 9.17) is 4.42 Å². The fourth-order valence-electron chi connectivity index (χ4n) is 11.4. The molecule has 1 N–H and O–H groups in total. The van der Waals surface area contributed by atoms with Crippen molar-refractivity contribution in [1.82, 2.24) is 0 Å². The Balaban J connectivity index is 0.937. The number of rotatable bonds is 10. The Kier molecular flexibility index (Phi) is 10.4. The molecule has 0 bridgehead atoms. The molecule has 3 nitrogen and oxygen atoms in total. The van der Waals surface area contributed by atoms with E-state index in [9.17, 15) is 0 Å². The van der Waals surface area contributed by atoms with Crippen molar-refractivity contribution in [3.63, 3.8) is 0 Å². The first-order valence-corrected chi connectivity index (χ1v) is 24.7. The highest BCUT2D eigenvalue weighted by atomic mass is 16.3. The Morgan fingerprint density at radius 3 is 1.63 bits per heavy atom. The van der Waals surface area contributed by atoms with Gasteiger partial charge in [0.15, 0.2) is 0 Å². The first-order valence-electron chi connectivity index (χ1n) is 24.7. The van der Waals surface area contributed by atoms with Gasteiger partial charge in [0, 0.05) is 55.9 Å². The van der Waals surface area contributed by atoms with Gasteiger partial charge in [-0.1, -0.05) is 219 Å². The summed E-state index contributed by atoms with van der Waals surface area (Å²) in [6.07, 6.45) is 7.57. The molecule has 1 heterocycles. The molecule has 1 atom stereocenters. The Morgan fingerprint density at radius 2 is 0.958 bits per heavy atom. The van der Waals surface area contributed by atoms with Gasteiger partial charge in [0.2, 0.25) is 0 Å². The number of nitrogens with one attached hydrogen (secondary N) is 1. The zero-order chi connectivity index (χ0) is 47.3. The quantitative estimate of drug-likeness (QED) is 0.148. The highest BCUT2D eigenvalue weighted by Crippen LogP contribution is 2.57. The Bertz CT molecular complexity index is 3770. The zero-order valence-corrected chi connectivity index (χ0v) is 39.5. The lowest BCUT2D eigenvalue weighted by molar-refractivity contribution is 0.671. The molecule has 10 aromatic carbocycles. The second-order valence-electron chi connectivity index (χ2n) is 18.9. The number of hydrogen-bond acceptors (Lipinski definition) is 3. The van der Waals surface area contributed by atoms with Crippen LogP contribution in [0.3, 0.4) is 0 Å². The van der Waals surface area contributed by atoms with Gasteiger partial charge in [0.25, 0.3) is 0 Å². The van der Waals surface area contributed by atoms with Crippen LogP contribution in [0.2, 0.25) is 0 Å². The maximum absolute atomic E-state index is 7.05. The van der Waals surface area contributed by atoms with Crippen LogP contribution in [0.1, 0.15) is 35.6 Å². The van der Waals surface area contributed by atoms with Crippen molar-refractivity contribution < 1.29 is 4.42 Å². The predicted molar refractivity (Wildman–Crippen MR) is 297 cm³/mol. The Morgan fingerprint density at radius 1 is 0.437 bits per heavy atom. The molecule has 0 fully saturated rings. The van der Waals surface area contributed by atoms with Crippen LogP contribution < -0.4 is 10.2 Å². The number of furan rings is 1. The van der Waals surface area contributed by atoms with Crippen LogP contribution >= 0.6 is 0 Å². The number of nitrogens with zero attached hydrogens (tertiary/aromatic N) is 1. The summed E-state index contributed by atoms with van der Waals surface area (Å²) in [7, 11) is 0. The number of benzene rings is 10. The summed E-state index contributed by atoms with van der Waals surface area (Å²) in [5.74, 6) is 0.494. The number of allylic oxidation sites excluding steroid dienone is 4. The minimum atomic E-state index is -0.524. The smallest absolute Gasteiger partial charge is 0.143 e. The monoisotopic (exact) mass is 910 g/mol. The van der Waals surface area contributed by atoms with Crippen LogP contribution in [0, 0.1) is 5.92 Å². The van der Waals surface area contributed by atoms with Gasteiger partial charge in [-0.25, -0.2) is 0 Å². The molecule has 0 aliphatic heterocycles. The van der Waals surface area contributed by atoms with E-state index in [-0.39, 0.29) is 0 Å². The maximum Gasteiger partial charge on any atom is 0.143 e. The maximum atomic E-state index is 7.05.